The van der Waals surface area contributed by atoms with E-state index in [-0.39, 0.29) is 5.56 Å². The van der Waals surface area contributed by atoms with Gasteiger partial charge in [-0.15, -0.1) is 0 Å². The molecule has 17 heavy (non-hydrogen) atoms. The van der Waals surface area contributed by atoms with Crippen molar-refractivity contribution in [3.63, 3.8) is 0 Å². The van der Waals surface area contributed by atoms with Crippen molar-refractivity contribution in [2.24, 2.45) is 5.73 Å². The van der Waals surface area contributed by atoms with Crippen LogP contribution in [-0.4, -0.2) is 18.2 Å². The topological polar surface area (TPSA) is 48.1 Å². The van der Waals surface area contributed by atoms with Crippen LogP contribution in [0.4, 0.5) is 13.2 Å². The summed E-state index contributed by atoms with van der Waals surface area (Å²) < 4.78 is 43.1. The monoisotopic (exact) mass is 248 g/mol. The molecule has 0 amide bonds. The highest BCUT2D eigenvalue weighted by atomic mass is 19.4. The van der Waals surface area contributed by atoms with E-state index in [1.165, 1.54) is 6.20 Å². The van der Waals surface area contributed by atoms with Gasteiger partial charge >= 0.3 is 6.18 Å². The third-order valence-electron chi connectivity index (χ3n) is 2.33. The molecule has 1 aromatic rings. The first-order chi connectivity index (χ1) is 7.96. The highest BCUT2D eigenvalue weighted by Gasteiger charge is 2.34. The smallest absolute Gasteiger partial charge is 0.382 e. The van der Waals surface area contributed by atoms with E-state index < -0.39 is 17.8 Å². The van der Waals surface area contributed by atoms with Gasteiger partial charge < -0.3 is 10.5 Å². The first-order valence-electron chi connectivity index (χ1n) is 5.31. The van der Waals surface area contributed by atoms with Gasteiger partial charge in [0.1, 0.15) is 0 Å². The van der Waals surface area contributed by atoms with Crippen LogP contribution in [-0.2, 0) is 10.9 Å². The van der Waals surface area contributed by atoms with Crippen LogP contribution >= 0.6 is 0 Å². The van der Waals surface area contributed by atoms with Gasteiger partial charge in [-0.05, 0) is 25.0 Å². The van der Waals surface area contributed by atoms with Crippen LogP contribution in [0.15, 0.2) is 18.5 Å². The zero-order valence-electron chi connectivity index (χ0n) is 9.50. The number of alkyl halides is 3. The molecule has 1 unspecified atom stereocenters. The fourth-order valence-corrected chi connectivity index (χ4v) is 1.47. The molecule has 1 atom stereocenters. The number of nitrogens with zero attached hydrogens (tertiary/aromatic N) is 1. The SMILES string of the molecule is CCOCCC(N)c1cnccc1C(F)(F)F. The van der Waals surface area contributed by atoms with E-state index in [0.29, 0.717) is 19.6 Å². The van der Waals surface area contributed by atoms with Crippen LogP contribution in [0.3, 0.4) is 0 Å². The molecule has 0 spiro atoms. The minimum atomic E-state index is -4.40. The number of aromatic nitrogens is 1. The molecule has 0 bridgehead atoms. The van der Waals surface area contributed by atoms with Crippen molar-refractivity contribution in [1.82, 2.24) is 4.98 Å². The third kappa shape index (κ3) is 3.98. The summed E-state index contributed by atoms with van der Waals surface area (Å²) in [5.41, 5.74) is 5.00. The fraction of sp³-hybridized carbons (Fsp3) is 0.545. The van der Waals surface area contributed by atoms with Crippen LogP contribution in [0.1, 0.15) is 30.5 Å². The van der Waals surface area contributed by atoms with Crippen molar-refractivity contribution in [2.75, 3.05) is 13.2 Å². The number of pyridine rings is 1. The number of hydrogen-bond acceptors (Lipinski definition) is 3. The Balaban J connectivity index is 2.82. The van der Waals surface area contributed by atoms with Crippen LogP contribution in [0.2, 0.25) is 0 Å². The molecule has 1 rings (SSSR count). The van der Waals surface area contributed by atoms with Gasteiger partial charge in [0.05, 0.1) is 5.56 Å². The van der Waals surface area contributed by atoms with E-state index in [0.717, 1.165) is 12.3 Å². The summed E-state index contributed by atoms with van der Waals surface area (Å²) in [6.45, 7) is 2.67. The van der Waals surface area contributed by atoms with E-state index in [1.54, 1.807) is 0 Å². The van der Waals surface area contributed by atoms with E-state index in [4.69, 9.17) is 10.5 Å². The Morgan fingerprint density at radius 2 is 2.18 bits per heavy atom. The summed E-state index contributed by atoms with van der Waals surface area (Å²) in [5, 5.41) is 0. The molecular formula is C11H15F3N2O. The van der Waals surface area contributed by atoms with Gasteiger partial charge in [0.25, 0.3) is 0 Å². The third-order valence-corrected chi connectivity index (χ3v) is 2.33. The van der Waals surface area contributed by atoms with Crippen molar-refractivity contribution >= 4 is 0 Å². The van der Waals surface area contributed by atoms with Gasteiger partial charge in [-0.25, -0.2) is 0 Å². The predicted octanol–water partition coefficient (Wildman–Crippen LogP) is 2.53. The molecule has 0 fully saturated rings. The molecule has 0 aliphatic carbocycles. The number of rotatable bonds is 5. The summed E-state index contributed by atoms with van der Waals surface area (Å²) in [6, 6.07) is 0.224. The standard InChI is InChI=1S/C11H15F3N2O/c1-2-17-6-4-10(15)8-7-16-5-3-9(8)11(12,13)14/h3,5,7,10H,2,4,6,15H2,1H3. The van der Waals surface area contributed by atoms with Crippen LogP contribution in [0, 0.1) is 0 Å². The Bertz CT molecular complexity index is 355. The maximum atomic E-state index is 12.7. The summed E-state index contributed by atoms with van der Waals surface area (Å²) in [6.07, 6.45) is -1.79. The minimum Gasteiger partial charge on any atom is -0.382 e. The van der Waals surface area contributed by atoms with E-state index >= 15 is 0 Å². The lowest BCUT2D eigenvalue weighted by atomic mass is 10.0. The van der Waals surface area contributed by atoms with E-state index in [1.807, 2.05) is 6.92 Å². The normalized spacial score (nSPS) is 13.7. The van der Waals surface area contributed by atoms with Gasteiger partial charge in [0.2, 0.25) is 0 Å². The Morgan fingerprint density at radius 1 is 1.47 bits per heavy atom. The molecule has 0 saturated heterocycles. The second kappa shape index (κ2) is 5.97. The van der Waals surface area contributed by atoms with Gasteiger partial charge in [-0.3, -0.25) is 4.98 Å². The van der Waals surface area contributed by atoms with Gasteiger partial charge in [-0.1, -0.05) is 0 Å². The number of halogens is 3. The van der Waals surface area contributed by atoms with Crippen LogP contribution in [0.25, 0.3) is 0 Å². The molecule has 1 heterocycles. The van der Waals surface area contributed by atoms with Crippen molar-refractivity contribution in [1.29, 1.82) is 0 Å². The Labute approximate surface area is 97.8 Å². The summed E-state index contributed by atoms with van der Waals surface area (Å²) in [5.74, 6) is 0. The van der Waals surface area contributed by atoms with Crippen LogP contribution in [0.5, 0.6) is 0 Å². The molecule has 1 aromatic heterocycles. The summed E-state index contributed by atoms with van der Waals surface area (Å²) in [4.78, 5) is 3.69. The van der Waals surface area contributed by atoms with Gasteiger partial charge in [0, 0.05) is 31.6 Å². The van der Waals surface area contributed by atoms with E-state index in [9.17, 15) is 13.2 Å². The second-order valence-electron chi connectivity index (χ2n) is 3.55. The number of nitrogens with two attached hydrogens (primary N) is 1. The summed E-state index contributed by atoms with van der Waals surface area (Å²) in [7, 11) is 0. The lowest BCUT2D eigenvalue weighted by Crippen LogP contribution is -2.19. The number of ether oxygens (including phenoxy) is 1. The zero-order chi connectivity index (χ0) is 12.9. The molecule has 0 aliphatic heterocycles. The molecule has 0 saturated carbocycles. The average Bonchev–Trinajstić information content (AvgIpc) is 2.28. The Hall–Kier alpha value is -1.14. The maximum Gasteiger partial charge on any atom is 0.416 e. The van der Waals surface area contributed by atoms with Crippen molar-refractivity contribution in [2.45, 2.75) is 25.6 Å². The summed E-state index contributed by atoms with van der Waals surface area (Å²) >= 11 is 0. The largest absolute Gasteiger partial charge is 0.416 e. The zero-order valence-corrected chi connectivity index (χ0v) is 9.50. The molecule has 6 heteroatoms. The van der Waals surface area contributed by atoms with E-state index in [2.05, 4.69) is 4.98 Å². The average molecular weight is 248 g/mol. The predicted molar refractivity (Wildman–Crippen MR) is 57.3 cm³/mol. The fourth-order valence-electron chi connectivity index (χ4n) is 1.47. The Morgan fingerprint density at radius 3 is 2.76 bits per heavy atom. The van der Waals surface area contributed by atoms with Crippen molar-refractivity contribution < 1.29 is 17.9 Å². The number of hydrogen-bond donors (Lipinski definition) is 1. The molecule has 3 nitrogen and oxygen atoms in total. The lowest BCUT2D eigenvalue weighted by molar-refractivity contribution is -0.138. The molecule has 2 N–H and O–H groups in total. The molecular weight excluding hydrogens is 233 g/mol. The maximum absolute atomic E-state index is 12.7. The van der Waals surface area contributed by atoms with Crippen molar-refractivity contribution in [3.8, 4) is 0 Å². The first kappa shape index (κ1) is 13.9. The highest BCUT2D eigenvalue weighted by Crippen LogP contribution is 2.34. The molecule has 0 aliphatic rings. The van der Waals surface area contributed by atoms with Crippen LogP contribution < -0.4 is 5.73 Å². The highest BCUT2D eigenvalue weighted by molar-refractivity contribution is 5.28. The lowest BCUT2D eigenvalue weighted by Gasteiger charge is -2.17. The molecule has 0 radical (unpaired) electrons. The minimum absolute atomic E-state index is 0.0136. The molecule has 96 valence electrons. The quantitative estimate of drug-likeness (QED) is 0.814. The second-order valence-corrected chi connectivity index (χ2v) is 3.55. The van der Waals surface area contributed by atoms with Gasteiger partial charge in [-0.2, -0.15) is 13.2 Å². The molecule has 0 aromatic carbocycles. The first-order valence-corrected chi connectivity index (χ1v) is 5.31. The van der Waals surface area contributed by atoms with Gasteiger partial charge in [0.15, 0.2) is 0 Å². The Kier molecular flexibility index (Phi) is 4.89. The van der Waals surface area contributed by atoms with Crippen molar-refractivity contribution in [3.05, 3.63) is 29.6 Å².